The molecule has 0 atom stereocenters. The highest BCUT2D eigenvalue weighted by Crippen LogP contribution is 2.46. The summed E-state index contributed by atoms with van der Waals surface area (Å²) < 4.78 is 0. The van der Waals surface area contributed by atoms with Gasteiger partial charge in [0.2, 0.25) is 0 Å². The molecule has 1 heterocycles. The normalized spacial score (nSPS) is 11.4. The van der Waals surface area contributed by atoms with Gasteiger partial charge in [0.1, 0.15) is 11.4 Å². The van der Waals surface area contributed by atoms with Crippen molar-refractivity contribution in [3.05, 3.63) is 212 Å². The van der Waals surface area contributed by atoms with Crippen molar-refractivity contribution in [1.82, 2.24) is 15.2 Å². The fourth-order valence-electron chi connectivity index (χ4n) is 8.54. The van der Waals surface area contributed by atoms with Crippen molar-refractivity contribution in [2.45, 2.75) is 0 Å². The summed E-state index contributed by atoms with van der Waals surface area (Å²) in [6, 6.07) is 75.7. The number of nitrogens with zero attached hydrogens (tertiary/aromatic N) is 3. The van der Waals surface area contributed by atoms with Gasteiger partial charge < -0.3 is 0 Å². The maximum Gasteiger partial charge on any atom is 0.182 e. The Morgan fingerprint density at radius 2 is 0.707 bits per heavy atom. The number of aromatic nitrogens is 3. The Hall–Kier alpha value is -7.75. The smallest absolute Gasteiger partial charge is 0.182 e. The van der Waals surface area contributed by atoms with Gasteiger partial charge in [-0.2, -0.15) is 0 Å². The topological polar surface area (TPSA) is 38.7 Å². The minimum absolute atomic E-state index is 0.586. The van der Waals surface area contributed by atoms with Crippen LogP contribution in [0, 0.1) is 0 Å². The molecule has 58 heavy (non-hydrogen) atoms. The van der Waals surface area contributed by atoms with E-state index < -0.39 is 0 Å². The van der Waals surface area contributed by atoms with Crippen LogP contribution in [0.2, 0.25) is 0 Å². The van der Waals surface area contributed by atoms with Gasteiger partial charge in [0.15, 0.2) is 5.82 Å². The molecule has 270 valence electrons. The van der Waals surface area contributed by atoms with Crippen molar-refractivity contribution in [3.63, 3.8) is 0 Å². The van der Waals surface area contributed by atoms with Crippen molar-refractivity contribution in [2.75, 3.05) is 0 Å². The number of hydrogen-bond donors (Lipinski definition) is 0. The summed E-state index contributed by atoms with van der Waals surface area (Å²) in [6.45, 7) is 0. The van der Waals surface area contributed by atoms with E-state index in [-0.39, 0.29) is 0 Å². The molecule has 0 aliphatic rings. The molecule has 0 radical (unpaired) electrons. The van der Waals surface area contributed by atoms with E-state index in [0.29, 0.717) is 5.82 Å². The van der Waals surface area contributed by atoms with Crippen molar-refractivity contribution in [3.8, 4) is 67.3 Å². The molecule has 10 aromatic carbocycles. The number of fused-ring (bicyclic) bond motifs is 4. The molecule has 3 heteroatoms. The summed E-state index contributed by atoms with van der Waals surface area (Å²) in [7, 11) is 0. The van der Waals surface area contributed by atoms with Crippen LogP contribution >= 0.6 is 0 Å². The number of hydrogen-bond acceptors (Lipinski definition) is 3. The molecule has 0 spiro atoms. The standard InChI is InChI=1S/C55H35N3/c1-3-16-38(17-4-1)53-54(39-18-5-2-6-19-39)57-58-55(56-53)46-23-13-22-42(34-46)43-30-31-49-50(35-43)52(45-29-27-37-15-8-10-21-41(37)33-45)48-25-12-11-24-47(48)51(49)44-28-26-36-14-7-9-20-40(36)32-44/h1-35H. The van der Waals surface area contributed by atoms with Crippen molar-refractivity contribution < 1.29 is 0 Å². The van der Waals surface area contributed by atoms with Crippen LogP contribution in [0.3, 0.4) is 0 Å². The predicted molar refractivity (Wildman–Crippen MR) is 242 cm³/mol. The van der Waals surface area contributed by atoms with Crippen LogP contribution in [-0.2, 0) is 0 Å². The average molecular weight is 738 g/mol. The first kappa shape index (κ1) is 33.6. The van der Waals surface area contributed by atoms with Crippen LogP contribution in [-0.4, -0.2) is 15.2 Å². The van der Waals surface area contributed by atoms with Gasteiger partial charge in [0.05, 0.1) is 0 Å². The van der Waals surface area contributed by atoms with E-state index >= 15 is 0 Å². The highest BCUT2D eigenvalue weighted by Gasteiger charge is 2.19. The molecule has 3 nitrogen and oxygen atoms in total. The minimum atomic E-state index is 0.586. The lowest BCUT2D eigenvalue weighted by molar-refractivity contribution is 0.992. The third-order valence-corrected chi connectivity index (χ3v) is 11.3. The molecule has 11 rings (SSSR count). The molecular weight excluding hydrogens is 703 g/mol. The van der Waals surface area contributed by atoms with E-state index in [0.717, 1.165) is 39.2 Å². The first-order chi connectivity index (χ1) is 28.7. The van der Waals surface area contributed by atoms with Crippen LogP contribution in [0.15, 0.2) is 212 Å². The first-order valence-electron chi connectivity index (χ1n) is 19.7. The van der Waals surface area contributed by atoms with Crippen molar-refractivity contribution in [1.29, 1.82) is 0 Å². The largest absolute Gasteiger partial charge is 0.224 e. The molecule has 0 saturated carbocycles. The van der Waals surface area contributed by atoms with Gasteiger partial charge in [-0.05, 0) is 101 Å². The predicted octanol–water partition coefficient (Wildman–Crippen LogP) is 14.5. The van der Waals surface area contributed by atoms with Gasteiger partial charge in [-0.25, -0.2) is 4.98 Å². The molecule has 0 unspecified atom stereocenters. The maximum atomic E-state index is 5.18. The summed E-state index contributed by atoms with van der Waals surface area (Å²) in [5, 5.41) is 19.3. The molecule has 0 bridgehead atoms. The molecular formula is C55H35N3. The number of benzene rings is 10. The summed E-state index contributed by atoms with van der Waals surface area (Å²) in [5.74, 6) is 0.586. The minimum Gasteiger partial charge on any atom is -0.224 e. The summed E-state index contributed by atoms with van der Waals surface area (Å²) in [5.41, 5.74) is 11.5. The van der Waals surface area contributed by atoms with Crippen molar-refractivity contribution >= 4 is 43.1 Å². The van der Waals surface area contributed by atoms with Crippen molar-refractivity contribution in [2.24, 2.45) is 0 Å². The molecule has 0 aliphatic heterocycles. The Balaban J connectivity index is 1.12. The third-order valence-electron chi connectivity index (χ3n) is 11.3. The second-order valence-electron chi connectivity index (χ2n) is 14.8. The van der Waals surface area contributed by atoms with Gasteiger partial charge in [-0.1, -0.05) is 188 Å². The Morgan fingerprint density at radius 1 is 0.241 bits per heavy atom. The van der Waals surface area contributed by atoms with E-state index in [1.807, 2.05) is 36.4 Å². The van der Waals surface area contributed by atoms with Gasteiger partial charge >= 0.3 is 0 Å². The molecule has 0 fully saturated rings. The third kappa shape index (κ3) is 5.89. The Morgan fingerprint density at radius 3 is 1.34 bits per heavy atom. The molecule has 0 N–H and O–H groups in total. The summed E-state index contributed by atoms with van der Waals surface area (Å²) >= 11 is 0. The van der Waals surface area contributed by atoms with E-state index in [4.69, 9.17) is 15.2 Å². The van der Waals surface area contributed by atoms with E-state index in [9.17, 15) is 0 Å². The first-order valence-corrected chi connectivity index (χ1v) is 19.7. The summed E-state index contributed by atoms with van der Waals surface area (Å²) in [4.78, 5) is 5.18. The monoisotopic (exact) mass is 737 g/mol. The Labute approximate surface area is 336 Å². The van der Waals surface area contributed by atoms with E-state index in [2.05, 4.69) is 176 Å². The van der Waals surface area contributed by atoms with Crippen LogP contribution in [0.5, 0.6) is 0 Å². The SMILES string of the molecule is c1ccc(-c2nnc(-c3cccc(-c4ccc5c(-c6ccc7ccccc7c6)c6ccccc6c(-c6ccc7ccccc7c6)c5c4)c3)nc2-c2ccccc2)cc1. The van der Waals surface area contributed by atoms with Crippen LogP contribution in [0.25, 0.3) is 110 Å². The van der Waals surface area contributed by atoms with E-state index in [1.165, 1.54) is 65.3 Å². The highest BCUT2D eigenvalue weighted by molar-refractivity contribution is 6.22. The number of rotatable bonds is 6. The molecule has 0 amide bonds. The van der Waals surface area contributed by atoms with Gasteiger partial charge in [0.25, 0.3) is 0 Å². The van der Waals surface area contributed by atoms with Crippen LogP contribution < -0.4 is 0 Å². The fraction of sp³-hybridized carbons (Fsp3) is 0. The second kappa shape index (κ2) is 14.1. The highest BCUT2D eigenvalue weighted by atomic mass is 15.2. The van der Waals surface area contributed by atoms with Gasteiger partial charge in [-0.3, -0.25) is 0 Å². The van der Waals surface area contributed by atoms with Gasteiger partial charge in [-0.15, -0.1) is 10.2 Å². The molecule has 0 saturated heterocycles. The lowest BCUT2D eigenvalue weighted by atomic mass is 9.84. The van der Waals surface area contributed by atoms with E-state index in [1.54, 1.807) is 0 Å². The molecule has 0 aliphatic carbocycles. The van der Waals surface area contributed by atoms with Crippen LogP contribution in [0.1, 0.15) is 0 Å². The zero-order valence-electron chi connectivity index (χ0n) is 31.5. The lowest BCUT2D eigenvalue weighted by Gasteiger charge is -2.19. The molecule has 1 aromatic heterocycles. The summed E-state index contributed by atoms with van der Waals surface area (Å²) in [6.07, 6.45) is 0. The zero-order chi connectivity index (χ0) is 38.4. The van der Waals surface area contributed by atoms with Crippen LogP contribution in [0.4, 0.5) is 0 Å². The Kier molecular flexibility index (Phi) is 8.15. The quantitative estimate of drug-likeness (QED) is 0.160. The second-order valence-corrected chi connectivity index (χ2v) is 14.8. The fourth-order valence-corrected chi connectivity index (χ4v) is 8.54. The average Bonchev–Trinajstić information content (AvgIpc) is 3.30. The Bertz CT molecular complexity index is 3340. The lowest BCUT2D eigenvalue weighted by Crippen LogP contribution is -2.00. The maximum absolute atomic E-state index is 5.18. The molecule has 11 aromatic rings. The zero-order valence-corrected chi connectivity index (χ0v) is 31.5. The van der Waals surface area contributed by atoms with Gasteiger partial charge in [0, 0.05) is 16.7 Å².